The van der Waals surface area contributed by atoms with Gasteiger partial charge in [0.2, 0.25) is 0 Å². The van der Waals surface area contributed by atoms with Crippen molar-refractivity contribution < 1.29 is 0 Å². The Morgan fingerprint density at radius 1 is 1.62 bits per heavy atom. The Hall–Kier alpha value is -0.520. The van der Waals surface area contributed by atoms with Crippen LogP contribution >= 0.6 is 0 Å². The molecule has 1 heterocycles. The Morgan fingerprint density at radius 3 is 2.62 bits per heavy atom. The van der Waals surface area contributed by atoms with Gasteiger partial charge in [-0.2, -0.15) is 0 Å². The lowest BCUT2D eigenvalue weighted by molar-refractivity contribution is 0.618. The highest BCUT2D eigenvalue weighted by Gasteiger charge is 2.34. The van der Waals surface area contributed by atoms with E-state index in [0.29, 0.717) is 0 Å². The molecule has 2 nitrogen and oxygen atoms in total. The van der Waals surface area contributed by atoms with E-state index in [9.17, 15) is 0 Å². The molecule has 44 valence electrons. The Bertz CT molecular complexity index is 119. The number of terminal acetylenes is 1. The molecule has 0 amide bonds. The molecule has 1 fully saturated rings. The van der Waals surface area contributed by atoms with E-state index >= 15 is 0 Å². The van der Waals surface area contributed by atoms with Crippen molar-refractivity contribution in [3.05, 3.63) is 0 Å². The third-order valence-electron chi connectivity index (χ3n) is 1.32. The predicted molar refractivity (Wildman–Crippen MR) is 32.7 cm³/mol. The van der Waals surface area contributed by atoms with E-state index in [1.807, 2.05) is 0 Å². The van der Waals surface area contributed by atoms with Gasteiger partial charge in [0, 0.05) is 6.42 Å². The summed E-state index contributed by atoms with van der Waals surface area (Å²) in [5.74, 6) is 2.58. The molecule has 0 unspecified atom stereocenters. The second-order valence-electron chi connectivity index (χ2n) is 2.29. The minimum Gasteiger partial charge on any atom is -0.235 e. The second-order valence-corrected chi connectivity index (χ2v) is 2.29. The summed E-state index contributed by atoms with van der Waals surface area (Å²) in [5, 5.41) is 0. The van der Waals surface area contributed by atoms with Crippen LogP contribution in [0.5, 0.6) is 0 Å². The molecule has 0 aromatic rings. The first-order valence-electron chi connectivity index (χ1n) is 2.75. The minimum atomic E-state index is 0.159. The van der Waals surface area contributed by atoms with Crippen LogP contribution in [0.4, 0.5) is 0 Å². The summed E-state index contributed by atoms with van der Waals surface area (Å²) in [6.07, 6.45) is 6.92. The third-order valence-corrected chi connectivity index (χ3v) is 1.32. The van der Waals surface area contributed by atoms with E-state index in [0.717, 1.165) is 12.8 Å². The van der Waals surface area contributed by atoms with Gasteiger partial charge in [-0.05, 0) is 13.3 Å². The summed E-state index contributed by atoms with van der Waals surface area (Å²) in [7, 11) is 0. The third kappa shape index (κ3) is 1.22. The van der Waals surface area contributed by atoms with Gasteiger partial charge >= 0.3 is 0 Å². The van der Waals surface area contributed by atoms with Crippen LogP contribution in [-0.4, -0.2) is 5.66 Å². The summed E-state index contributed by atoms with van der Waals surface area (Å²) in [6.45, 7) is 2.09. The summed E-state index contributed by atoms with van der Waals surface area (Å²) in [4.78, 5) is 0. The molecule has 0 atom stereocenters. The number of hydrazine groups is 1. The average molecular weight is 110 g/mol. The van der Waals surface area contributed by atoms with E-state index in [1.165, 1.54) is 0 Å². The van der Waals surface area contributed by atoms with Crippen LogP contribution in [0.25, 0.3) is 0 Å². The molecule has 2 N–H and O–H groups in total. The molecule has 0 radical (unpaired) electrons. The first kappa shape index (κ1) is 5.61. The molecule has 2 heteroatoms. The van der Waals surface area contributed by atoms with Gasteiger partial charge < -0.3 is 0 Å². The highest BCUT2D eigenvalue weighted by atomic mass is 15.7. The van der Waals surface area contributed by atoms with Gasteiger partial charge in [0.05, 0.1) is 5.66 Å². The predicted octanol–water partition coefficient (Wildman–Crippen LogP) is 0.224. The fourth-order valence-corrected chi connectivity index (χ4v) is 0.554. The van der Waals surface area contributed by atoms with Gasteiger partial charge in [0.15, 0.2) is 0 Å². The van der Waals surface area contributed by atoms with Crippen LogP contribution in [0.1, 0.15) is 19.8 Å². The zero-order valence-electron chi connectivity index (χ0n) is 4.99. The van der Waals surface area contributed by atoms with Crippen LogP contribution in [0.3, 0.4) is 0 Å². The molecular weight excluding hydrogens is 100 g/mol. The minimum absolute atomic E-state index is 0.159. The number of nitrogens with one attached hydrogen (secondary N) is 2. The molecule has 8 heavy (non-hydrogen) atoms. The fourth-order valence-electron chi connectivity index (χ4n) is 0.554. The van der Waals surface area contributed by atoms with Crippen molar-refractivity contribution in [2.75, 3.05) is 0 Å². The standard InChI is InChI=1S/C6H10N2/c1-3-4-5-6(2)7-8-6/h1,7-8H,4-5H2,2H3. The zero-order valence-corrected chi connectivity index (χ0v) is 4.99. The maximum absolute atomic E-state index is 5.06. The summed E-state index contributed by atoms with van der Waals surface area (Å²) >= 11 is 0. The SMILES string of the molecule is C#CCCC1(C)NN1. The van der Waals surface area contributed by atoms with Crippen molar-refractivity contribution in [3.63, 3.8) is 0 Å². The lowest BCUT2D eigenvalue weighted by Crippen LogP contribution is -2.09. The van der Waals surface area contributed by atoms with Crippen LogP contribution in [0.2, 0.25) is 0 Å². The normalized spacial score (nSPS) is 22.0. The first-order valence-corrected chi connectivity index (χ1v) is 2.75. The van der Waals surface area contributed by atoms with Gasteiger partial charge in [0.1, 0.15) is 0 Å². The van der Waals surface area contributed by atoms with E-state index in [-0.39, 0.29) is 5.66 Å². The van der Waals surface area contributed by atoms with Crippen LogP contribution in [0.15, 0.2) is 0 Å². The van der Waals surface area contributed by atoms with Gasteiger partial charge in [-0.1, -0.05) is 0 Å². The van der Waals surface area contributed by atoms with Crippen molar-refractivity contribution in [2.24, 2.45) is 0 Å². The highest BCUT2D eigenvalue weighted by molar-refractivity contribution is 4.94. The van der Waals surface area contributed by atoms with E-state index < -0.39 is 0 Å². The van der Waals surface area contributed by atoms with Gasteiger partial charge in [-0.25, -0.2) is 10.9 Å². The average Bonchev–Trinajstić information content (AvgIpc) is 2.45. The maximum atomic E-state index is 5.06. The monoisotopic (exact) mass is 110 g/mol. The molecular formula is C6H10N2. The number of rotatable bonds is 2. The Kier molecular flexibility index (Phi) is 1.24. The Balaban J connectivity index is 2.12. The number of hydrogen-bond donors (Lipinski definition) is 2. The van der Waals surface area contributed by atoms with Crippen molar-refractivity contribution >= 4 is 0 Å². The molecule has 0 aromatic heterocycles. The summed E-state index contributed by atoms with van der Waals surface area (Å²) < 4.78 is 0. The smallest absolute Gasteiger partial charge is 0.0924 e. The maximum Gasteiger partial charge on any atom is 0.0924 e. The van der Waals surface area contributed by atoms with Crippen LogP contribution in [0, 0.1) is 12.3 Å². The molecule has 0 aromatic carbocycles. The molecule has 1 rings (SSSR count). The largest absolute Gasteiger partial charge is 0.235 e. The zero-order chi connectivity index (χ0) is 6.04. The molecule has 1 aliphatic rings. The van der Waals surface area contributed by atoms with E-state index in [1.54, 1.807) is 0 Å². The van der Waals surface area contributed by atoms with Crippen molar-refractivity contribution in [1.29, 1.82) is 0 Å². The van der Waals surface area contributed by atoms with Crippen LogP contribution in [-0.2, 0) is 0 Å². The fraction of sp³-hybridized carbons (Fsp3) is 0.667. The van der Waals surface area contributed by atoms with Crippen molar-refractivity contribution in [1.82, 2.24) is 10.9 Å². The lowest BCUT2D eigenvalue weighted by Gasteiger charge is -1.97. The Morgan fingerprint density at radius 2 is 2.25 bits per heavy atom. The Labute approximate surface area is 49.6 Å². The highest BCUT2D eigenvalue weighted by Crippen LogP contribution is 2.14. The first-order chi connectivity index (χ1) is 3.77. The molecule has 0 bridgehead atoms. The molecule has 0 spiro atoms. The van der Waals surface area contributed by atoms with Crippen molar-refractivity contribution in [2.45, 2.75) is 25.4 Å². The molecule has 0 aliphatic carbocycles. The summed E-state index contributed by atoms with van der Waals surface area (Å²) in [6, 6.07) is 0. The quantitative estimate of drug-likeness (QED) is 0.394. The van der Waals surface area contributed by atoms with Gasteiger partial charge in [-0.3, -0.25) is 0 Å². The molecule has 0 saturated carbocycles. The van der Waals surface area contributed by atoms with E-state index in [2.05, 4.69) is 23.7 Å². The van der Waals surface area contributed by atoms with Gasteiger partial charge in [0.25, 0.3) is 0 Å². The topological polar surface area (TPSA) is 43.9 Å². The summed E-state index contributed by atoms with van der Waals surface area (Å²) in [5.41, 5.74) is 6.16. The van der Waals surface area contributed by atoms with Crippen LogP contribution < -0.4 is 10.9 Å². The van der Waals surface area contributed by atoms with Gasteiger partial charge in [-0.15, -0.1) is 12.3 Å². The molecule has 1 aliphatic heterocycles. The second kappa shape index (κ2) is 1.77. The van der Waals surface area contributed by atoms with Crippen molar-refractivity contribution in [3.8, 4) is 12.3 Å². The lowest BCUT2D eigenvalue weighted by atomic mass is 10.1. The molecule has 1 saturated heterocycles. The number of hydrogen-bond acceptors (Lipinski definition) is 2. The van der Waals surface area contributed by atoms with E-state index in [4.69, 9.17) is 6.42 Å².